The third kappa shape index (κ3) is 3.96. The van der Waals surface area contributed by atoms with Gasteiger partial charge in [-0.15, -0.1) is 0 Å². The highest BCUT2D eigenvalue weighted by molar-refractivity contribution is 6.31. The number of halogens is 4. The van der Waals surface area contributed by atoms with Crippen molar-refractivity contribution in [1.29, 1.82) is 0 Å². The molecule has 0 radical (unpaired) electrons. The van der Waals surface area contributed by atoms with Gasteiger partial charge in [-0.05, 0) is 55.9 Å². The van der Waals surface area contributed by atoms with Gasteiger partial charge in [-0.1, -0.05) is 11.6 Å². The maximum atomic E-state index is 13.8. The number of carbonyl (C=O) groups excluding carboxylic acids is 1. The molecule has 1 aliphatic carbocycles. The van der Waals surface area contributed by atoms with Crippen LogP contribution >= 0.6 is 11.6 Å². The molecule has 0 spiro atoms. The SMILES string of the molecule is O=C(NCC1CCC(n2cc3ccc(Cl)cc3n2)CC1)c1cc(F)c(O)c(F)c1F. The molecule has 3 aromatic rings. The van der Waals surface area contributed by atoms with Crippen molar-refractivity contribution in [2.75, 3.05) is 6.54 Å². The Bertz CT molecular complexity index is 1110. The van der Waals surface area contributed by atoms with Gasteiger partial charge < -0.3 is 10.4 Å². The van der Waals surface area contributed by atoms with Crippen molar-refractivity contribution >= 4 is 28.4 Å². The van der Waals surface area contributed by atoms with E-state index in [2.05, 4.69) is 10.4 Å². The molecular formula is C21H19ClF3N3O2. The molecule has 9 heteroatoms. The fourth-order valence-corrected chi connectivity index (χ4v) is 4.06. The zero-order chi connectivity index (χ0) is 21.4. The molecule has 1 aliphatic rings. The van der Waals surface area contributed by atoms with Gasteiger partial charge in [-0.3, -0.25) is 9.48 Å². The zero-order valence-corrected chi connectivity index (χ0v) is 16.6. The topological polar surface area (TPSA) is 67.2 Å². The summed E-state index contributed by atoms with van der Waals surface area (Å²) in [5.41, 5.74) is 0.0747. The highest BCUT2D eigenvalue weighted by Crippen LogP contribution is 2.33. The number of benzene rings is 2. The van der Waals surface area contributed by atoms with Crippen LogP contribution in [0.15, 0.2) is 30.5 Å². The lowest BCUT2D eigenvalue weighted by atomic mass is 9.86. The second kappa shape index (κ2) is 8.18. The Morgan fingerprint density at radius 1 is 1.17 bits per heavy atom. The molecule has 5 nitrogen and oxygen atoms in total. The number of hydrogen-bond acceptors (Lipinski definition) is 3. The van der Waals surface area contributed by atoms with Gasteiger partial charge in [0.1, 0.15) is 0 Å². The summed E-state index contributed by atoms with van der Waals surface area (Å²) in [6.07, 6.45) is 5.36. The van der Waals surface area contributed by atoms with Gasteiger partial charge in [0.15, 0.2) is 17.4 Å². The average Bonchev–Trinajstić information content (AvgIpc) is 3.16. The van der Waals surface area contributed by atoms with Crippen molar-refractivity contribution in [3.63, 3.8) is 0 Å². The van der Waals surface area contributed by atoms with Crippen LogP contribution < -0.4 is 5.32 Å². The number of aromatic hydroxyl groups is 1. The van der Waals surface area contributed by atoms with Gasteiger partial charge in [-0.2, -0.15) is 9.49 Å². The molecule has 4 rings (SSSR count). The summed E-state index contributed by atoms with van der Waals surface area (Å²) in [5.74, 6) is -6.90. The van der Waals surface area contributed by atoms with Crippen molar-refractivity contribution < 1.29 is 23.1 Å². The van der Waals surface area contributed by atoms with Crippen LogP contribution in [0, 0.1) is 23.4 Å². The van der Waals surface area contributed by atoms with E-state index in [1.165, 1.54) is 0 Å². The van der Waals surface area contributed by atoms with E-state index in [4.69, 9.17) is 16.7 Å². The molecule has 1 saturated carbocycles. The van der Waals surface area contributed by atoms with E-state index in [1.54, 1.807) is 0 Å². The summed E-state index contributed by atoms with van der Waals surface area (Å²) >= 11 is 6.01. The number of carbonyl (C=O) groups is 1. The lowest BCUT2D eigenvalue weighted by molar-refractivity contribution is 0.0935. The molecule has 158 valence electrons. The number of rotatable bonds is 4. The molecule has 1 heterocycles. The highest BCUT2D eigenvalue weighted by atomic mass is 35.5. The lowest BCUT2D eigenvalue weighted by Gasteiger charge is -2.28. The second-order valence-corrected chi connectivity index (χ2v) is 8.02. The Morgan fingerprint density at radius 2 is 1.90 bits per heavy atom. The summed E-state index contributed by atoms with van der Waals surface area (Å²) in [6.45, 7) is 0.270. The van der Waals surface area contributed by atoms with Crippen molar-refractivity contribution in [1.82, 2.24) is 15.1 Å². The Kier molecular flexibility index (Phi) is 5.60. The van der Waals surface area contributed by atoms with Gasteiger partial charge in [0.05, 0.1) is 17.1 Å². The molecule has 2 aromatic carbocycles. The molecule has 0 aliphatic heterocycles. The standard InChI is InChI=1S/C21H19ClF3N3O2/c22-13-4-3-12-10-28(27-17(12)7-13)14-5-1-11(2-6-14)9-26-21(30)15-8-16(23)20(29)19(25)18(15)24/h3-4,7-8,10-11,14,29H,1-2,5-6,9H2,(H,26,30). The Hall–Kier alpha value is -2.74. The monoisotopic (exact) mass is 437 g/mol. The van der Waals surface area contributed by atoms with Crippen molar-refractivity contribution in [2.45, 2.75) is 31.7 Å². The van der Waals surface area contributed by atoms with Gasteiger partial charge >= 0.3 is 0 Å². The van der Waals surface area contributed by atoms with E-state index in [9.17, 15) is 18.0 Å². The minimum Gasteiger partial charge on any atom is -0.503 e. The Labute approximate surface area is 175 Å². The number of phenolic OH excluding ortho intramolecular Hbond substituents is 1. The fraction of sp³-hybridized carbons (Fsp3) is 0.333. The number of fused-ring (bicyclic) bond motifs is 1. The van der Waals surface area contributed by atoms with E-state index in [-0.39, 0.29) is 18.5 Å². The summed E-state index contributed by atoms with van der Waals surface area (Å²) in [4.78, 5) is 12.1. The predicted molar refractivity (Wildman–Crippen MR) is 106 cm³/mol. The Morgan fingerprint density at radius 3 is 2.63 bits per heavy atom. The molecule has 0 saturated heterocycles. The quantitative estimate of drug-likeness (QED) is 0.566. The van der Waals surface area contributed by atoms with E-state index in [0.29, 0.717) is 11.1 Å². The first-order valence-corrected chi connectivity index (χ1v) is 10.0. The molecule has 1 amide bonds. The predicted octanol–water partition coefficient (Wildman–Crippen LogP) is 4.97. The highest BCUT2D eigenvalue weighted by Gasteiger charge is 2.26. The normalized spacial score (nSPS) is 19.2. The van der Waals surface area contributed by atoms with Gasteiger partial charge in [-0.25, -0.2) is 8.78 Å². The maximum Gasteiger partial charge on any atom is 0.254 e. The minimum atomic E-state index is -1.77. The van der Waals surface area contributed by atoms with Crippen LogP contribution in [0.4, 0.5) is 13.2 Å². The van der Waals surface area contributed by atoms with E-state index < -0.39 is 34.7 Å². The van der Waals surface area contributed by atoms with Crippen molar-refractivity contribution in [3.05, 3.63) is 58.5 Å². The smallest absolute Gasteiger partial charge is 0.254 e. The summed E-state index contributed by atoms with van der Waals surface area (Å²) in [5, 5.41) is 17.9. The molecule has 1 fully saturated rings. The van der Waals surface area contributed by atoms with Crippen molar-refractivity contribution in [3.8, 4) is 5.75 Å². The minimum absolute atomic E-state index is 0.166. The van der Waals surface area contributed by atoms with Crippen LogP contribution in [0.3, 0.4) is 0 Å². The number of amides is 1. The summed E-state index contributed by atoms with van der Waals surface area (Å²) < 4.78 is 42.7. The van der Waals surface area contributed by atoms with E-state index in [0.717, 1.165) is 36.6 Å². The molecule has 0 atom stereocenters. The van der Waals surface area contributed by atoms with Gasteiger partial charge in [0.2, 0.25) is 5.82 Å². The van der Waals surface area contributed by atoms with Crippen LogP contribution in [-0.2, 0) is 0 Å². The first-order chi connectivity index (χ1) is 14.3. The van der Waals surface area contributed by atoms with Gasteiger partial charge in [0.25, 0.3) is 5.91 Å². The van der Waals surface area contributed by atoms with Crippen LogP contribution in [0.5, 0.6) is 5.75 Å². The molecule has 2 N–H and O–H groups in total. The number of hydrogen-bond donors (Lipinski definition) is 2. The summed E-state index contributed by atoms with van der Waals surface area (Å²) in [7, 11) is 0. The third-order valence-electron chi connectivity index (χ3n) is 5.61. The third-order valence-corrected chi connectivity index (χ3v) is 5.84. The lowest BCUT2D eigenvalue weighted by Crippen LogP contribution is -2.32. The van der Waals surface area contributed by atoms with Crippen LogP contribution in [0.1, 0.15) is 42.1 Å². The van der Waals surface area contributed by atoms with Crippen LogP contribution in [0.25, 0.3) is 10.9 Å². The maximum absolute atomic E-state index is 13.8. The van der Waals surface area contributed by atoms with E-state index in [1.807, 2.05) is 29.1 Å². The number of aromatic nitrogens is 2. The zero-order valence-electron chi connectivity index (χ0n) is 15.8. The van der Waals surface area contributed by atoms with E-state index >= 15 is 0 Å². The summed E-state index contributed by atoms with van der Waals surface area (Å²) in [6, 6.07) is 6.30. The fourth-order valence-electron chi connectivity index (χ4n) is 3.89. The molecular weight excluding hydrogens is 419 g/mol. The first kappa shape index (κ1) is 20.5. The second-order valence-electron chi connectivity index (χ2n) is 7.58. The number of phenols is 1. The Balaban J connectivity index is 1.34. The first-order valence-electron chi connectivity index (χ1n) is 9.62. The number of nitrogens with one attached hydrogen (secondary N) is 1. The molecule has 1 aromatic heterocycles. The average molecular weight is 438 g/mol. The van der Waals surface area contributed by atoms with Crippen molar-refractivity contribution in [2.24, 2.45) is 5.92 Å². The largest absolute Gasteiger partial charge is 0.503 e. The van der Waals surface area contributed by atoms with Crippen LogP contribution in [0.2, 0.25) is 5.02 Å². The molecule has 30 heavy (non-hydrogen) atoms. The van der Waals surface area contributed by atoms with Gasteiger partial charge in [0, 0.05) is 23.2 Å². The molecule has 0 unspecified atom stereocenters. The molecule has 0 bridgehead atoms. The van der Waals surface area contributed by atoms with Crippen LogP contribution in [-0.4, -0.2) is 27.3 Å². The number of nitrogens with zero attached hydrogens (tertiary/aromatic N) is 2.